The van der Waals surface area contributed by atoms with E-state index >= 15 is 0 Å². The number of allylic oxidation sites excluding steroid dienone is 5. The molecule has 0 aromatic carbocycles. The summed E-state index contributed by atoms with van der Waals surface area (Å²) >= 11 is 5.60. The van der Waals surface area contributed by atoms with Crippen molar-refractivity contribution in [1.29, 1.82) is 0 Å². The number of nitrogens with one attached hydrogen (secondary N) is 1. The zero-order valence-corrected chi connectivity index (χ0v) is 11.0. The molecule has 0 aliphatic carbocycles. The molecule has 16 heavy (non-hydrogen) atoms. The fourth-order valence-electron chi connectivity index (χ4n) is 1.17. The molecule has 0 rings (SSSR count). The number of hydroxylamine groups is 1. The van der Waals surface area contributed by atoms with E-state index in [1.165, 1.54) is 6.92 Å². The van der Waals surface area contributed by atoms with Crippen molar-refractivity contribution in [2.75, 3.05) is 7.05 Å². The maximum Gasteiger partial charge on any atom is 0.184 e. The molecule has 0 aromatic rings. The first kappa shape index (κ1) is 15.2. The van der Waals surface area contributed by atoms with Crippen LogP contribution in [-0.4, -0.2) is 7.05 Å². The Labute approximate surface area is 102 Å². The van der Waals surface area contributed by atoms with Crippen molar-refractivity contribution in [3.05, 3.63) is 34.3 Å². The summed E-state index contributed by atoms with van der Waals surface area (Å²) in [7, 11) is 1.57. The summed E-state index contributed by atoms with van der Waals surface area (Å²) in [4.78, 5) is 5.00. The summed E-state index contributed by atoms with van der Waals surface area (Å²) in [5.74, 6) is -0.442. The second kappa shape index (κ2) is 8.36. The van der Waals surface area contributed by atoms with Gasteiger partial charge in [0, 0.05) is 7.05 Å². The summed E-state index contributed by atoms with van der Waals surface area (Å²) in [6.45, 7) is 5.46. The van der Waals surface area contributed by atoms with E-state index in [2.05, 4.69) is 12.4 Å². The van der Waals surface area contributed by atoms with Crippen molar-refractivity contribution < 1.29 is 9.23 Å². The predicted molar refractivity (Wildman–Crippen MR) is 66.6 cm³/mol. The standard InChI is InChI=1S/C12H19ClFNO/c1-5-7-10(6-2)8-11(16-15-4)12(14)9(3)13/h6,8,15H,5,7H2,1-4H3/b10-6-,11-8-,12-9-. The minimum Gasteiger partial charge on any atom is -0.406 e. The van der Waals surface area contributed by atoms with Crippen molar-refractivity contribution in [1.82, 2.24) is 5.48 Å². The quantitative estimate of drug-likeness (QED) is 0.431. The second-order valence-electron chi connectivity index (χ2n) is 3.28. The number of hydrogen-bond acceptors (Lipinski definition) is 2. The van der Waals surface area contributed by atoms with Crippen LogP contribution < -0.4 is 5.48 Å². The molecular weight excluding hydrogens is 229 g/mol. The molecule has 0 fully saturated rings. The molecule has 0 aromatic heterocycles. The minimum atomic E-state index is -0.550. The molecule has 92 valence electrons. The Kier molecular flexibility index (Phi) is 7.95. The van der Waals surface area contributed by atoms with Crippen LogP contribution in [0.25, 0.3) is 0 Å². The van der Waals surface area contributed by atoms with Gasteiger partial charge in [-0.25, -0.2) is 4.39 Å². The third-order valence-electron chi connectivity index (χ3n) is 1.96. The van der Waals surface area contributed by atoms with Gasteiger partial charge in [0.2, 0.25) is 0 Å². The monoisotopic (exact) mass is 247 g/mol. The highest BCUT2D eigenvalue weighted by Crippen LogP contribution is 2.22. The van der Waals surface area contributed by atoms with Crippen molar-refractivity contribution >= 4 is 11.6 Å². The van der Waals surface area contributed by atoms with Crippen LogP contribution in [0.15, 0.2) is 34.3 Å². The smallest absolute Gasteiger partial charge is 0.184 e. The van der Waals surface area contributed by atoms with Gasteiger partial charge in [-0.2, -0.15) is 5.48 Å². The Bertz CT molecular complexity index is 304. The molecule has 0 unspecified atom stereocenters. The van der Waals surface area contributed by atoms with Gasteiger partial charge in [-0.1, -0.05) is 31.0 Å². The summed E-state index contributed by atoms with van der Waals surface area (Å²) in [6.07, 6.45) is 5.45. The zero-order valence-electron chi connectivity index (χ0n) is 10.2. The van der Waals surface area contributed by atoms with Gasteiger partial charge in [-0.15, -0.1) is 0 Å². The van der Waals surface area contributed by atoms with Crippen LogP contribution in [0.4, 0.5) is 4.39 Å². The fourth-order valence-corrected chi connectivity index (χ4v) is 1.27. The first-order chi connectivity index (χ1) is 7.56. The first-order valence-corrected chi connectivity index (χ1v) is 5.67. The highest BCUT2D eigenvalue weighted by Gasteiger charge is 2.10. The van der Waals surface area contributed by atoms with Crippen LogP contribution in [0, 0.1) is 0 Å². The van der Waals surface area contributed by atoms with Gasteiger partial charge in [0.25, 0.3) is 0 Å². The van der Waals surface area contributed by atoms with Gasteiger partial charge < -0.3 is 4.84 Å². The highest BCUT2D eigenvalue weighted by atomic mass is 35.5. The summed E-state index contributed by atoms with van der Waals surface area (Å²) in [6, 6.07) is 0. The Morgan fingerprint density at radius 3 is 2.50 bits per heavy atom. The van der Waals surface area contributed by atoms with Gasteiger partial charge in [0.15, 0.2) is 11.6 Å². The summed E-state index contributed by atoms with van der Waals surface area (Å²) in [5.41, 5.74) is 3.46. The SMILES string of the molecule is C\C=C(/C=C(ONC)/C(F)=C(\C)Cl)CCC. The van der Waals surface area contributed by atoms with Gasteiger partial charge in [-0.3, -0.25) is 0 Å². The van der Waals surface area contributed by atoms with Gasteiger partial charge in [0.1, 0.15) is 0 Å². The molecule has 0 radical (unpaired) electrons. The van der Waals surface area contributed by atoms with Crippen LogP contribution >= 0.6 is 11.6 Å². The largest absolute Gasteiger partial charge is 0.406 e. The topological polar surface area (TPSA) is 21.3 Å². The first-order valence-electron chi connectivity index (χ1n) is 5.29. The van der Waals surface area contributed by atoms with Crippen molar-refractivity contribution in [3.8, 4) is 0 Å². The third-order valence-corrected chi connectivity index (χ3v) is 2.12. The number of halogens is 2. The van der Waals surface area contributed by atoms with Crippen LogP contribution in [0.3, 0.4) is 0 Å². The lowest BCUT2D eigenvalue weighted by molar-refractivity contribution is 0.125. The van der Waals surface area contributed by atoms with E-state index in [9.17, 15) is 4.39 Å². The zero-order chi connectivity index (χ0) is 12.6. The van der Waals surface area contributed by atoms with E-state index < -0.39 is 5.83 Å². The summed E-state index contributed by atoms with van der Waals surface area (Å²) in [5, 5.41) is 0.0773. The molecule has 0 spiro atoms. The molecule has 2 nitrogen and oxygen atoms in total. The van der Waals surface area contributed by atoms with E-state index in [0.717, 1.165) is 18.4 Å². The summed E-state index contributed by atoms with van der Waals surface area (Å²) < 4.78 is 13.6. The average Bonchev–Trinajstić information content (AvgIpc) is 2.26. The average molecular weight is 248 g/mol. The molecule has 0 atom stereocenters. The van der Waals surface area contributed by atoms with E-state index in [0.29, 0.717) is 0 Å². The lowest BCUT2D eigenvalue weighted by atomic mass is 10.1. The van der Waals surface area contributed by atoms with Gasteiger partial charge in [0.05, 0.1) is 5.03 Å². The Morgan fingerprint density at radius 1 is 1.50 bits per heavy atom. The number of hydrogen-bond donors (Lipinski definition) is 1. The lowest BCUT2D eigenvalue weighted by Crippen LogP contribution is -2.08. The second-order valence-corrected chi connectivity index (χ2v) is 3.84. The van der Waals surface area contributed by atoms with Gasteiger partial charge in [-0.05, 0) is 31.9 Å². The van der Waals surface area contributed by atoms with Crippen LogP contribution in [0.2, 0.25) is 0 Å². The molecule has 0 bridgehead atoms. The van der Waals surface area contributed by atoms with Gasteiger partial charge >= 0.3 is 0 Å². The molecule has 0 aliphatic rings. The fraction of sp³-hybridized carbons (Fsp3) is 0.500. The maximum atomic E-state index is 13.6. The Balaban J connectivity index is 5.04. The van der Waals surface area contributed by atoms with E-state index in [1.54, 1.807) is 13.1 Å². The van der Waals surface area contributed by atoms with Crippen LogP contribution in [0.1, 0.15) is 33.6 Å². The molecule has 0 heterocycles. The third kappa shape index (κ3) is 5.33. The lowest BCUT2D eigenvalue weighted by Gasteiger charge is -2.08. The van der Waals surface area contributed by atoms with Crippen molar-refractivity contribution in [3.63, 3.8) is 0 Å². The molecule has 4 heteroatoms. The van der Waals surface area contributed by atoms with Crippen molar-refractivity contribution in [2.45, 2.75) is 33.6 Å². The minimum absolute atomic E-state index is 0.0773. The van der Waals surface area contributed by atoms with Crippen LogP contribution in [-0.2, 0) is 4.84 Å². The van der Waals surface area contributed by atoms with E-state index in [1.807, 2.05) is 13.0 Å². The molecule has 0 amide bonds. The molecule has 0 saturated carbocycles. The molecule has 0 saturated heterocycles. The molecule has 1 N–H and O–H groups in total. The number of rotatable bonds is 6. The van der Waals surface area contributed by atoms with Crippen LogP contribution in [0.5, 0.6) is 0 Å². The molecule has 0 aliphatic heterocycles. The van der Waals surface area contributed by atoms with E-state index in [-0.39, 0.29) is 10.8 Å². The Hall–Kier alpha value is -0.800. The highest BCUT2D eigenvalue weighted by molar-refractivity contribution is 6.29. The maximum absolute atomic E-state index is 13.6. The predicted octanol–water partition coefficient (Wildman–Crippen LogP) is 4.21. The van der Waals surface area contributed by atoms with Crippen molar-refractivity contribution in [2.24, 2.45) is 0 Å². The normalized spacial score (nSPS) is 14.9. The molecular formula is C12H19ClFNO. The Morgan fingerprint density at radius 2 is 2.12 bits per heavy atom. The van der Waals surface area contributed by atoms with E-state index in [4.69, 9.17) is 16.4 Å².